The van der Waals surface area contributed by atoms with Gasteiger partial charge in [-0.15, -0.1) is 10.2 Å². The Hall–Kier alpha value is -1.97. The zero-order valence-corrected chi connectivity index (χ0v) is 18.6. The molecule has 4 rings (SSSR count). The number of hydrogen-bond acceptors (Lipinski definition) is 6. The fourth-order valence-electron chi connectivity index (χ4n) is 3.24. The Morgan fingerprint density at radius 3 is 2.33 bits per heavy atom. The molecule has 1 fully saturated rings. The van der Waals surface area contributed by atoms with Crippen LogP contribution in [0.4, 0.5) is 0 Å². The van der Waals surface area contributed by atoms with Crippen molar-refractivity contribution in [2.45, 2.75) is 18.4 Å². The van der Waals surface area contributed by atoms with Crippen molar-refractivity contribution in [2.24, 2.45) is 0 Å². The van der Waals surface area contributed by atoms with Gasteiger partial charge in [0.05, 0.1) is 21.5 Å². The topological polar surface area (TPSA) is 79.5 Å². The van der Waals surface area contributed by atoms with Gasteiger partial charge >= 0.3 is 0 Å². The summed E-state index contributed by atoms with van der Waals surface area (Å²) in [6.07, 6.45) is 0. The normalized spacial score (nSPS) is 16.1. The molecule has 2 aromatic carbocycles. The maximum Gasteiger partial charge on any atom is 0.247 e. The van der Waals surface area contributed by atoms with E-state index in [4.69, 9.17) is 27.6 Å². The first-order chi connectivity index (χ1) is 14.3. The minimum absolute atomic E-state index is 0.144. The Bertz CT molecular complexity index is 1140. The highest BCUT2D eigenvalue weighted by atomic mass is 35.5. The van der Waals surface area contributed by atoms with Crippen LogP contribution >= 0.6 is 23.2 Å². The van der Waals surface area contributed by atoms with Gasteiger partial charge in [-0.3, -0.25) is 4.90 Å². The monoisotopic (exact) mass is 466 g/mol. The quantitative estimate of drug-likeness (QED) is 0.567. The third-order valence-corrected chi connectivity index (χ3v) is 7.62. The van der Waals surface area contributed by atoms with Crippen molar-refractivity contribution in [2.75, 3.05) is 26.2 Å². The third kappa shape index (κ3) is 4.53. The van der Waals surface area contributed by atoms with E-state index in [-0.39, 0.29) is 9.92 Å². The molecule has 10 heteroatoms. The molecule has 1 aliphatic rings. The third-order valence-electron chi connectivity index (χ3n) is 4.98. The predicted molar refractivity (Wildman–Crippen MR) is 115 cm³/mol. The predicted octanol–water partition coefficient (Wildman–Crippen LogP) is 3.86. The molecular weight excluding hydrogens is 447 g/mol. The largest absolute Gasteiger partial charge is 0.419 e. The van der Waals surface area contributed by atoms with Crippen molar-refractivity contribution >= 4 is 33.2 Å². The van der Waals surface area contributed by atoms with Crippen LogP contribution in [0.15, 0.2) is 51.8 Å². The van der Waals surface area contributed by atoms with E-state index in [2.05, 4.69) is 15.1 Å². The van der Waals surface area contributed by atoms with Gasteiger partial charge in [-0.05, 0) is 37.3 Å². The molecule has 0 amide bonds. The van der Waals surface area contributed by atoms with Gasteiger partial charge < -0.3 is 4.42 Å². The molecule has 0 radical (unpaired) electrons. The van der Waals surface area contributed by atoms with Crippen LogP contribution in [0, 0.1) is 6.92 Å². The Morgan fingerprint density at radius 1 is 0.967 bits per heavy atom. The van der Waals surface area contributed by atoms with Gasteiger partial charge in [0.15, 0.2) is 0 Å². The molecule has 0 saturated carbocycles. The van der Waals surface area contributed by atoms with E-state index < -0.39 is 10.0 Å². The molecule has 158 valence electrons. The van der Waals surface area contributed by atoms with Crippen molar-refractivity contribution in [3.63, 3.8) is 0 Å². The minimum Gasteiger partial charge on any atom is -0.419 e. The number of aromatic nitrogens is 2. The van der Waals surface area contributed by atoms with Gasteiger partial charge in [0.1, 0.15) is 0 Å². The van der Waals surface area contributed by atoms with Crippen LogP contribution in [0.1, 0.15) is 11.5 Å². The SMILES string of the molecule is Cc1ccc(-c2nnc(CN3CCN(S(=O)(=O)c4ccc(Cl)c(Cl)c4)CC3)o2)cc1. The summed E-state index contributed by atoms with van der Waals surface area (Å²) in [5.41, 5.74) is 2.03. The number of aryl methyl sites for hydroxylation is 1. The van der Waals surface area contributed by atoms with Crippen LogP contribution in [-0.2, 0) is 16.6 Å². The van der Waals surface area contributed by atoms with E-state index in [9.17, 15) is 8.42 Å². The van der Waals surface area contributed by atoms with Gasteiger partial charge in [-0.25, -0.2) is 8.42 Å². The average molecular weight is 467 g/mol. The zero-order valence-electron chi connectivity index (χ0n) is 16.3. The molecule has 0 aliphatic carbocycles. The number of nitrogens with zero attached hydrogens (tertiary/aromatic N) is 4. The summed E-state index contributed by atoms with van der Waals surface area (Å²) in [4.78, 5) is 2.23. The summed E-state index contributed by atoms with van der Waals surface area (Å²) >= 11 is 11.9. The van der Waals surface area contributed by atoms with Crippen LogP contribution < -0.4 is 0 Å². The molecular formula is C20H20Cl2N4O3S. The number of rotatable bonds is 5. The van der Waals surface area contributed by atoms with Crippen molar-refractivity contribution in [1.29, 1.82) is 0 Å². The molecule has 1 aromatic heterocycles. The van der Waals surface area contributed by atoms with Crippen molar-refractivity contribution in [3.05, 3.63) is 64.0 Å². The maximum absolute atomic E-state index is 12.9. The lowest BCUT2D eigenvalue weighted by Crippen LogP contribution is -2.48. The second-order valence-corrected chi connectivity index (χ2v) is 9.88. The summed E-state index contributed by atoms with van der Waals surface area (Å²) in [7, 11) is -3.62. The molecule has 0 bridgehead atoms. The average Bonchev–Trinajstić information content (AvgIpc) is 3.19. The Balaban J connectivity index is 1.38. The highest BCUT2D eigenvalue weighted by Gasteiger charge is 2.29. The minimum atomic E-state index is -3.62. The van der Waals surface area contributed by atoms with Crippen molar-refractivity contribution in [3.8, 4) is 11.5 Å². The van der Waals surface area contributed by atoms with E-state index in [0.29, 0.717) is 49.5 Å². The first kappa shape index (κ1) is 21.3. The summed E-state index contributed by atoms with van der Waals surface area (Å²) in [5, 5.41) is 8.79. The van der Waals surface area contributed by atoms with Gasteiger partial charge in [-0.2, -0.15) is 4.31 Å². The summed E-state index contributed by atoms with van der Waals surface area (Å²) < 4.78 is 33.0. The first-order valence-electron chi connectivity index (χ1n) is 9.40. The number of hydrogen-bond donors (Lipinski definition) is 0. The maximum atomic E-state index is 12.9. The Morgan fingerprint density at radius 2 is 1.67 bits per heavy atom. The molecule has 0 unspecified atom stereocenters. The molecule has 0 atom stereocenters. The van der Waals surface area contributed by atoms with Crippen LogP contribution in [-0.4, -0.2) is 54.0 Å². The summed E-state index contributed by atoms with van der Waals surface area (Å²) in [6.45, 7) is 4.33. The lowest BCUT2D eigenvalue weighted by atomic mass is 10.1. The highest BCUT2D eigenvalue weighted by Crippen LogP contribution is 2.27. The number of sulfonamides is 1. The van der Waals surface area contributed by atoms with E-state index in [1.165, 1.54) is 22.5 Å². The van der Waals surface area contributed by atoms with E-state index in [1.807, 2.05) is 31.2 Å². The van der Waals surface area contributed by atoms with Gasteiger partial charge in [0, 0.05) is 31.7 Å². The second-order valence-electron chi connectivity index (χ2n) is 7.12. The van der Waals surface area contributed by atoms with Crippen molar-refractivity contribution < 1.29 is 12.8 Å². The fourth-order valence-corrected chi connectivity index (χ4v) is 5.05. The van der Waals surface area contributed by atoms with Crippen LogP contribution in [0.5, 0.6) is 0 Å². The zero-order chi connectivity index (χ0) is 21.3. The molecule has 0 spiro atoms. The standard InChI is InChI=1S/C20H20Cl2N4O3S/c1-14-2-4-15(5-3-14)20-24-23-19(29-20)13-25-8-10-26(11-9-25)30(27,28)16-6-7-17(21)18(22)12-16/h2-7,12H,8-11,13H2,1H3. The van der Waals surface area contributed by atoms with Crippen LogP contribution in [0.25, 0.3) is 11.5 Å². The lowest BCUT2D eigenvalue weighted by molar-refractivity contribution is 0.168. The second kappa shape index (κ2) is 8.64. The van der Waals surface area contributed by atoms with E-state index in [1.54, 1.807) is 0 Å². The van der Waals surface area contributed by atoms with Gasteiger partial charge in [0.25, 0.3) is 0 Å². The first-order valence-corrected chi connectivity index (χ1v) is 11.6. The Kier molecular flexibility index (Phi) is 6.13. The summed E-state index contributed by atoms with van der Waals surface area (Å²) in [5.74, 6) is 0.984. The molecule has 30 heavy (non-hydrogen) atoms. The molecule has 3 aromatic rings. The molecule has 2 heterocycles. The van der Waals surface area contributed by atoms with Crippen LogP contribution in [0.2, 0.25) is 10.0 Å². The van der Waals surface area contributed by atoms with E-state index in [0.717, 1.165) is 11.1 Å². The molecule has 7 nitrogen and oxygen atoms in total. The van der Waals surface area contributed by atoms with Crippen LogP contribution in [0.3, 0.4) is 0 Å². The van der Waals surface area contributed by atoms with Gasteiger partial charge in [-0.1, -0.05) is 40.9 Å². The molecule has 1 saturated heterocycles. The summed E-state index contributed by atoms with van der Waals surface area (Å²) in [6, 6.07) is 12.2. The smallest absolute Gasteiger partial charge is 0.247 e. The highest BCUT2D eigenvalue weighted by molar-refractivity contribution is 7.89. The van der Waals surface area contributed by atoms with Gasteiger partial charge in [0.2, 0.25) is 21.8 Å². The van der Waals surface area contributed by atoms with Crippen molar-refractivity contribution in [1.82, 2.24) is 19.4 Å². The van der Waals surface area contributed by atoms with E-state index >= 15 is 0 Å². The fraction of sp³-hybridized carbons (Fsp3) is 0.300. The molecule has 0 N–H and O–H groups in total. The molecule has 1 aliphatic heterocycles. The lowest BCUT2D eigenvalue weighted by Gasteiger charge is -2.33. The number of halogens is 2. The Labute approximate surface area is 185 Å². The number of piperazine rings is 1. The number of benzene rings is 2.